The number of hydrogen-bond acceptors (Lipinski definition) is 2. The number of nitrogens with one attached hydrogen (secondary N) is 2. The monoisotopic (exact) mass is 311 g/mol. The summed E-state index contributed by atoms with van der Waals surface area (Å²) in [5.74, 6) is 0.507. The molecular formula is C18H18FN3O. The number of H-pyrrole nitrogens is 1. The molecular weight excluding hydrogens is 293 g/mol. The summed E-state index contributed by atoms with van der Waals surface area (Å²) in [4.78, 5) is 19.5. The zero-order valence-corrected chi connectivity index (χ0v) is 12.7. The number of fused-ring (bicyclic) bond motifs is 1. The second kappa shape index (κ2) is 7.05. The standard InChI is InChI=1S/C18H18FN3O/c19-14-7-2-1-6-13(14)12-20-18(23)11-5-10-17-21-15-8-3-4-9-16(15)22-17/h1-4,6-9H,5,10-12H2,(H,20,23)(H,21,22). The minimum Gasteiger partial charge on any atom is -0.352 e. The van der Waals surface area contributed by atoms with Crippen LogP contribution in [0.4, 0.5) is 4.39 Å². The van der Waals surface area contributed by atoms with Gasteiger partial charge in [-0.15, -0.1) is 0 Å². The van der Waals surface area contributed by atoms with Crippen molar-refractivity contribution in [3.63, 3.8) is 0 Å². The number of aryl methyl sites for hydroxylation is 1. The number of carbonyl (C=O) groups excluding carboxylic acids is 1. The van der Waals surface area contributed by atoms with Gasteiger partial charge in [0.15, 0.2) is 0 Å². The van der Waals surface area contributed by atoms with Crippen LogP contribution in [0.1, 0.15) is 24.2 Å². The molecule has 23 heavy (non-hydrogen) atoms. The number of imidazole rings is 1. The van der Waals surface area contributed by atoms with Gasteiger partial charge in [-0.05, 0) is 24.6 Å². The number of rotatable bonds is 6. The Morgan fingerprint density at radius 3 is 2.74 bits per heavy atom. The molecule has 1 amide bonds. The van der Waals surface area contributed by atoms with Crippen molar-refractivity contribution in [1.82, 2.24) is 15.3 Å². The smallest absolute Gasteiger partial charge is 0.220 e. The van der Waals surface area contributed by atoms with Crippen molar-refractivity contribution in [2.75, 3.05) is 0 Å². The Labute approximate surface area is 133 Å². The van der Waals surface area contributed by atoms with Crippen LogP contribution in [0.25, 0.3) is 11.0 Å². The molecule has 2 aromatic carbocycles. The molecule has 118 valence electrons. The Bertz CT molecular complexity index is 780. The predicted molar refractivity (Wildman–Crippen MR) is 87.3 cm³/mol. The minimum atomic E-state index is -0.296. The van der Waals surface area contributed by atoms with Gasteiger partial charge in [0.25, 0.3) is 0 Å². The summed E-state index contributed by atoms with van der Waals surface area (Å²) in [6, 6.07) is 14.3. The highest BCUT2D eigenvalue weighted by Gasteiger charge is 2.06. The Balaban J connectivity index is 1.45. The minimum absolute atomic E-state index is 0.0793. The number of nitrogens with zero attached hydrogens (tertiary/aromatic N) is 1. The Kier molecular flexibility index (Phi) is 4.66. The third-order valence-corrected chi connectivity index (χ3v) is 3.69. The largest absolute Gasteiger partial charge is 0.352 e. The van der Waals surface area contributed by atoms with Crippen LogP contribution in [0, 0.1) is 5.82 Å². The first-order valence-electron chi connectivity index (χ1n) is 7.66. The van der Waals surface area contributed by atoms with Crippen LogP contribution in [0.3, 0.4) is 0 Å². The summed E-state index contributed by atoms with van der Waals surface area (Å²) in [6.07, 6.45) is 1.80. The zero-order chi connectivity index (χ0) is 16.1. The van der Waals surface area contributed by atoms with Crippen molar-refractivity contribution < 1.29 is 9.18 Å². The molecule has 2 N–H and O–H groups in total. The molecule has 0 unspecified atom stereocenters. The van der Waals surface area contributed by atoms with E-state index >= 15 is 0 Å². The molecule has 0 aliphatic carbocycles. The van der Waals surface area contributed by atoms with E-state index < -0.39 is 0 Å². The SMILES string of the molecule is O=C(CCCc1nc2ccccc2[nH]1)NCc1ccccc1F. The van der Waals surface area contributed by atoms with E-state index in [2.05, 4.69) is 15.3 Å². The second-order valence-electron chi connectivity index (χ2n) is 5.42. The Morgan fingerprint density at radius 1 is 1.13 bits per heavy atom. The lowest BCUT2D eigenvalue weighted by molar-refractivity contribution is -0.121. The van der Waals surface area contributed by atoms with Crippen molar-refractivity contribution in [1.29, 1.82) is 0 Å². The molecule has 0 fully saturated rings. The first-order chi connectivity index (χ1) is 11.2. The van der Waals surface area contributed by atoms with E-state index in [0.717, 1.165) is 16.9 Å². The molecule has 0 aliphatic rings. The molecule has 0 aliphatic heterocycles. The molecule has 1 heterocycles. The average molecular weight is 311 g/mol. The fraction of sp³-hybridized carbons (Fsp3) is 0.222. The molecule has 0 saturated heterocycles. The Morgan fingerprint density at radius 2 is 1.91 bits per heavy atom. The predicted octanol–water partition coefficient (Wildman–Crippen LogP) is 3.34. The lowest BCUT2D eigenvalue weighted by Crippen LogP contribution is -2.23. The topological polar surface area (TPSA) is 57.8 Å². The van der Waals surface area contributed by atoms with E-state index in [1.165, 1.54) is 6.07 Å². The van der Waals surface area contributed by atoms with Gasteiger partial charge in [-0.1, -0.05) is 30.3 Å². The number of benzene rings is 2. The number of carbonyl (C=O) groups is 1. The number of hydrogen-bond donors (Lipinski definition) is 2. The molecule has 0 saturated carbocycles. The molecule has 0 bridgehead atoms. The number of halogens is 1. The van der Waals surface area contributed by atoms with Gasteiger partial charge in [0.1, 0.15) is 11.6 Å². The number of aromatic nitrogens is 2. The second-order valence-corrected chi connectivity index (χ2v) is 5.42. The molecule has 0 radical (unpaired) electrons. The maximum absolute atomic E-state index is 13.5. The zero-order valence-electron chi connectivity index (χ0n) is 12.7. The Hall–Kier alpha value is -2.69. The van der Waals surface area contributed by atoms with E-state index in [1.54, 1.807) is 18.2 Å². The van der Waals surface area contributed by atoms with Crippen LogP contribution in [-0.4, -0.2) is 15.9 Å². The molecule has 3 rings (SSSR count). The summed E-state index contributed by atoms with van der Waals surface area (Å²) in [5, 5.41) is 2.74. The van der Waals surface area contributed by atoms with Gasteiger partial charge < -0.3 is 10.3 Å². The highest BCUT2D eigenvalue weighted by molar-refractivity contribution is 5.76. The normalized spacial score (nSPS) is 10.8. The van der Waals surface area contributed by atoms with Gasteiger partial charge >= 0.3 is 0 Å². The van der Waals surface area contributed by atoms with Gasteiger partial charge in [0, 0.05) is 24.9 Å². The highest BCUT2D eigenvalue weighted by atomic mass is 19.1. The quantitative estimate of drug-likeness (QED) is 0.733. The van der Waals surface area contributed by atoms with Crippen molar-refractivity contribution >= 4 is 16.9 Å². The van der Waals surface area contributed by atoms with Gasteiger partial charge in [0.05, 0.1) is 11.0 Å². The van der Waals surface area contributed by atoms with E-state index in [1.807, 2.05) is 24.3 Å². The summed E-state index contributed by atoms with van der Waals surface area (Å²) in [7, 11) is 0. The van der Waals surface area contributed by atoms with E-state index in [9.17, 15) is 9.18 Å². The van der Waals surface area contributed by atoms with Gasteiger partial charge in [-0.25, -0.2) is 9.37 Å². The lowest BCUT2D eigenvalue weighted by atomic mass is 10.2. The third-order valence-electron chi connectivity index (χ3n) is 3.69. The summed E-state index contributed by atoms with van der Waals surface area (Å²) < 4.78 is 13.5. The summed E-state index contributed by atoms with van der Waals surface area (Å²) in [5.41, 5.74) is 2.44. The van der Waals surface area contributed by atoms with Gasteiger partial charge in [-0.3, -0.25) is 4.79 Å². The third kappa shape index (κ3) is 3.94. The van der Waals surface area contributed by atoms with Crippen LogP contribution in [-0.2, 0) is 17.8 Å². The molecule has 0 spiro atoms. The first-order valence-corrected chi connectivity index (χ1v) is 7.66. The van der Waals surface area contributed by atoms with Gasteiger partial charge in [0.2, 0.25) is 5.91 Å². The van der Waals surface area contributed by atoms with Crippen LogP contribution < -0.4 is 5.32 Å². The molecule has 3 aromatic rings. The van der Waals surface area contributed by atoms with E-state index in [-0.39, 0.29) is 18.3 Å². The lowest BCUT2D eigenvalue weighted by Gasteiger charge is -2.05. The number of amides is 1. The highest BCUT2D eigenvalue weighted by Crippen LogP contribution is 2.12. The van der Waals surface area contributed by atoms with Crippen molar-refractivity contribution in [2.24, 2.45) is 0 Å². The van der Waals surface area contributed by atoms with Gasteiger partial charge in [-0.2, -0.15) is 0 Å². The van der Waals surface area contributed by atoms with Crippen molar-refractivity contribution in [2.45, 2.75) is 25.8 Å². The summed E-state index contributed by atoms with van der Waals surface area (Å²) in [6.45, 7) is 0.218. The van der Waals surface area contributed by atoms with E-state index in [0.29, 0.717) is 24.8 Å². The van der Waals surface area contributed by atoms with Crippen LogP contribution in [0.2, 0.25) is 0 Å². The fourth-order valence-electron chi connectivity index (χ4n) is 2.46. The van der Waals surface area contributed by atoms with E-state index in [4.69, 9.17) is 0 Å². The molecule has 1 aromatic heterocycles. The van der Waals surface area contributed by atoms with Crippen molar-refractivity contribution in [3.8, 4) is 0 Å². The maximum Gasteiger partial charge on any atom is 0.220 e. The molecule has 4 nitrogen and oxygen atoms in total. The molecule has 5 heteroatoms. The fourth-order valence-corrected chi connectivity index (χ4v) is 2.46. The first kappa shape index (κ1) is 15.2. The summed E-state index contributed by atoms with van der Waals surface area (Å²) >= 11 is 0. The van der Waals surface area contributed by atoms with Crippen molar-refractivity contribution in [3.05, 3.63) is 65.7 Å². The average Bonchev–Trinajstić information content (AvgIpc) is 2.97. The molecule has 0 atom stereocenters. The van der Waals surface area contributed by atoms with Crippen LogP contribution in [0.5, 0.6) is 0 Å². The number of aromatic amines is 1. The van der Waals surface area contributed by atoms with Crippen LogP contribution >= 0.6 is 0 Å². The maximum atomic E-state index is 13.5. The van der Waals surface area contributed by atoms with Crippen LogP contribution in [0.15, 0.2) is 48.5 Å². The number of para-hydroxylation sites is 2.